The van der Waals surface area contributed by atoms with Gasteiger partial charge in [0.15, 0.2) is 0 Å². The zero-order chi connectivity index (χ0) is 21.6. The predicted octanol–water partition coefficient (Wildman–Crippen LogP) is 3.44. The lowest BCUT2D eigenvalue weighted by molar-refractivity contribution is -0.131. The number of ether oxygens (including phenoxy) is 1. The summed E-state index contributed by atoms with van der Waals surface area (Å²) in [5.74, 6) is -0.304. The minimum atomic E-state index is -3.49. The summed E-state index contributed by atoms with van der Waals surface area (Å²) < 4.78 is 31.8. The molecule has 8 heteroatoms. The molecule has 0 radical (unpaired) electrons. The fourth-order valence-electron chi connectivity index (χ4n) is 3.13. The number of benzene rings is 2. The SMILES string of the molecule is CC(=O)Oc1ccc(C=CC(=O)Nc2ccc(S(=O)(=O)N3CCCCC3)cc2)cc1. The van der Waals surface area contributed by atoms with E-state index in [9.17, 15) is 18.0 Å². The van der Waals surface area contributed by atoms with Crippen LogP contribution in [0.1, 0.15) is 31.7 Å². The number of carbonyl (C=O) groups excluding carboxylic acids is 2. The van der Waals surface area contributed by atoms with Gasteiger partial charge in [-0.15, -0.1) is 0 Å². The molecular formula is C22H24N2O5S. The molecule has 3 rings (SSSR count). The van der Waals surface area contributed by atoms with Crippen molar-refractivity contribution < 1.29 is 22.7 Å². The normalized spacial score (nSPS) is 15.1. The first-order valence-corrected chi connectivity index (χ1v) is 11.2. The van der Waals surface area contributed by atoms with Crippen molar-refractivity contribution in [1.29, 1.82) is 0 Å². The number of hydrogen-bond donors (Lipinski definition) is 1. The third-order valence-electron chi connectivity index (χ3n) is 4.64. The Morgan fingerprint density at radius 1 is 0.967 bits per heavy atom. The van der Waals surface area contributed by atoms with Crippen LogP contribution in [-0.4, -0.2) is 37.7 Å². The Morgan fingerprint density at radius 3 is 2.20 bits per heavy atom. The summed E-state index contributed by atoms with van der Waals surface area (Å²) in [6.07, 6.45) is 5.82. The average molecular weight is 429 g/mol. The Kier molecular flexibility index (Phi) is 7.02. The molecule has 2 aromatic rings. The molecule has 1 amide bonds. The van der Waals surface area contributed by atoms with Gasteiger partial charge in [0.25, 0.3) is 0 Å². The maximum absolute atomic E-state index is 12.7. The number of esters is 1. The van der Waals surface area contributed by atoms with Gasteiger partial charge in [-0.25, -0.2) is 8.42 Å². The third kappa shape index (κ3) is 5.77. The second-order valence-corrected chi connectivity index (χ2v) is 8.91. The van der Waals surface area contributed by atoms with Crippen LogP contribution in [0.2, 0.25) is 0 Å². The van der Waals surface area contributed by atoms with E-state index in [1.807, 2.05) is 0 Å². The van der Waals surface area contributed by atoms with Crippen LogP contribution < -0.4 is 10.1 Å². The molecule has 0 atom stereocenters. The standard InChI is InChI=1S/C22H24N2O5S/c1-17(25)29-20-10-5-18(6-11-20)7-14-22(26)23-19-8-12-21(13-9-19)30(27,28)24-15-3-2-4-16-24/h5-14H,2-4,15-16H2,1H3,(H,23,26). The van der Waals surface area contributed by atoms with Crippen molar-refractivity contribution >= 4 is 33.7 Å². The predicted molar refractivity (Wildman–Crippen MR) is 114 cm³/mol. The Hall–Kier alpha value is -2.97. The summed E-state index contributed by atoms with van der Waals surface area (Å²) in [6.45, 7) is 2.43. The lowest BCUT2D eigenvalue weighted by Crippen LogP contribution is -2.35. The maximum Gasteiger partial charge on any atom is 0.308 e. The number of rotatable bonds is 6. The summed E-state index contributed by atoms with van der Waals surface area (Å²) in [6, 6.07) is 12.9. The van der Waals surface area contributed by atoms with E-state index in [-0.39, 0.29) is 10.8 Å². The molecule has 0 aliphatic carbocycles. The van der Waals surface area contributed by atoms with Gasteiger partial charge in [-0.05, 0) is 60.9 Å². The Balaban J connectivity index is 1.59. The number of amides is 1. The molecule has 1 saturated heterocycles. The fraction of sp³-hybridized carbons (Fsp3) is 0.273. The smallest absolute Gasteiger partial charge is 0.308 e. The van der Waals surface area contributed by atoms with Gasteiger partial charge >= 0.3 is 5.97 Å². The largest absolute Gasteiger partial charge is 0.427 e. The molecule has 1 aliphatic rings. The molecule has 1 N–H and O–H groups in total. The Labute approximate surface area is 176 Å². The second kappa shape index (κ2) is 9.69. The summed E-state index contributed by atoms with van der Waals surface area (Å²) in [7, 11) is -3.49. The van der Waals surface area contributed by atoms with E-state index in [2.05, 4.69) is 5.32 Å². The molecule has 1 fully saturated rings. The van der Waals surface area contributed by atoms with E-state index in [0.29, 0.717) is 24.5 Å². The molecule has 0 aromatic heterocycles. The molecule has 0 unspecified atom stereocenters. The lowest BCUT2D eigenvalue weighted by atomic mass is 10.2. The van der Waals surface area contributed by atoms with Crippen molar-refractivity contribution in [3.05, 3.63) is 60.2 Å². The first-order chi connectivity index (χ1) is 14.3. The number of sulfonamides is 1. The van der Waals surface area contributed by atoms with Gasteiger partial charge < -0.3 is 10.1 Å². The molecule has 7 nitrogen and oxygen atoms in total. The van der Waals surface area contributed by atoms with Gasteiger partial charge in [-0.3, -0.25) is 9.59 Å². The van der Waals surface area contributed by atoms with Gasteiger partial charge in [-0.1, -0.05) is 18.6 Å². The second-order valence-electron chi connectivity index (χ2n) is 6.97. The van der Waals surface area contributed by atoms with Gasteiger partial charge in [0, 0.05) is 31.8 Å². The molecule has 0 saturated carbocycles. The zero-order valence-electron chi connectivity index (χ0n) is 16.7. The van der Waals surface area contributed by atoms with Crippen LogP contribution in [-0.2, 0) is 19.6 Å². The molecule has 1 heterocycles. The third-order valence-corrected chi connectivity index (χ3v) is 6.56. The van der Waals surface area contributed by atoms with Crippen molar-refractivity contribution in [1.82, 2.24) is 4.31 Å². The van der Waals surface area contributed by atoms with Crippen molar-refractivity contribution in [3.8, 4) is 5.75 Å². The van der Waals surface area contributed by atoms with Crippen LogP contribution in [0.4, 0.5) is 5.69 Å². The highest BCUT2D eigenvalue weighted by Crippen LogP contribution is 2.22. The van der Waals surface area contributed by atoms with Crippen LogP contribution in [0.15, 0.2) is 59.5 Å². The number of nitrogens with zero attached hydrogens (tertiary/aromatic N) is 1. The van der Waals surface area contributed by atoms with Crippen molar-refractivity contribution in [2.24, 2.45) is 0 Å². The highest BCUT2D eigenvalue weighted by Gasteiger charge is 2.25. The summed E-state index contributed by atoms with van der Waals surface area (Å²) in [5.41, 5.74) is 1.27. The molecule has 30 heavy (non-hydrogen) atoms. The maximum atomic E-state index is 12.7. The van der Waals surface area contributed by atoms with Crippen LogP contribution >= 0.6 is 0 Å². The fourth-order valence-corrected chi connectivity index (χ4v) is 4.65. The van der Waals surface area contributed by atoms with E-state index in [1.54, 1.807) is 42.5 Å². The van der Waals surface area contributed by atoms with Crippen molar-refractivity contribution in [2.45, 2.75) is 31.1 Å². The number of hydrogen-bond acceptors (Lipinski definition) is 5. The molecule has 2 aromatic carbocycles. The van der Waals surface area contributed by atoms with Crippen LogP contribution in [0.5, 0.6) is 5.75 Å². The van der Waals surface area contributed by atoms with Crippen LogP contribution in [0, 0.1) is 0 Å². The number of anilines is 1. The minimum absolute atomic E-state index is 0.228. The van der Waals surface area contributed by atoms with Gasteiger partial charge in [0.05, 0.1) is 4.90 Å². The lowest BCUT2D eigenvalue weighted by Gasteiger charge is -2.25. The van der Waals surface area contributed by atoms with Gasteiger partial charge in [-0.2, -0.15) is 4.31 Å². The van der Waals surface area contributed by atoms with E-state index < -0.39 is 16.0 Å². The van der Waals surface area contributed by atoms with E-state index >= 15 is 0 Å². The average Bonchev–Trinajstić information content (AvgIpc) is 2.74. The number of nitrogens with one attached hydrogen (secondary N) is 1. The van der Waals surface area contributed by atoms with Crippen molar-refractivity contribution in [3.63, 3.8) is 0 Å². The van der Waals surface area contributed by atoms with E-state index in [1.165, 1.54) is 29.4 Å². The molecule has 158 valence electrons. The van der Waals surface area contributed by atoms with E-state index in [4.69, 9.17) is 4.74 Å². The number of carbonyl (C=O) groups is 2. The highest BCUT2D eigenvalue weighted by atomic mass is 32.2. The zero-order valence-corrected chi connectivity index (χ0v) is 17.5. The summed E-state index contributed by atoms with van der Waals surface area (Å²) >= 11 is 0. The van der Waals surface area contributed by atoms with Crippen LogP contribution in [0.25, 0.3) is 6.08 Å². The molecule has 1 aliphatic heterocycles. The van der Waals surface area contributed by atoms with Crippen molar-refractivity contribution in [2.75, 3.05) is 18.4 Å². The van der Waals surface area contributed by atoms with E-state index in [0.717, 1.165) is 24.8 Å². The summed E-state index contributed by atoms with van der Waals surface area (Å²) in [5, 5.41) is 2.70. The first-order valence-electron chi connectivity index (χ1n) is 9.72. The molecule has 0 bridgehead atoms. The topological polar surface area (TPSA) is 92.8 Å². The number of piperidine rings is 1. The van der Waals surface area contributed by atoms with Gasteiger partial charge in [0.2, 0.25) is 15.9 Å². The first kappa shape index (κ1) is 21.7. The molecular weight excluding hydrogens is 404 g/mol. The monoisotopic (exact) mass is 428 g/mol. The summed E-state index contributed by atoms with van der Waals surface area (Å²) in [4.78, 5) is 23.3. The van der Waals surface area contributed by atoms with Gasteiger partial charge in [0.1, 0.15) is 5.75 Å². The minimum Gasteiger partial charge on any atom is -0.427 e. The Morgan fingerprint density at radius 2 is 1.60 bits per heavy atom. The highest BCUT2D eigenvalue weighted by molar-refractivity contribution is 7.89. The quantitative estimate of drug-likeness (QED) is 0.432. The molecule has 0 spiro atoms. The Bertz CT molecular complexity index is 1020. The van der Waals surface area contributed by atoms with Crippen LogP contribution in [0.3, 0.4) is 0 Å².